The SMILES string of the molecule is COc1cc(CNc2ccccc2C)cc(Cl)c1OCc1ccccc1. The monoisotopic (exact) mass is 367 g/mol. The number of halogens is 1. The zero-order valence-corrected chi connectivity index (χ0v) is 15.7. The Hall–Kier alpha value is -2.65. The van der Waals surface area contributed by atoms with Gasteiger partial charge in [-0.2, -0.15) is 0 Å². The van der Waals surface area contributed by atoms with E-state index in [-0.39, 0.29) is 0 Å². The summed E-state index contributed by atoms with van der Waals surface area (Å²) in [4.78, 5) is 0. The van der Waals surface area contributed by atoms with Crippen LogP contribution < -0.4 is 14.8 Å². The fourth-order valence-corrected chi connectivity index (χ4v) is 3.00. The Morgan fingerprint density at radius 3 is 2.38 bits per heavy atom. The minimum Gasteiger partial charge on any atom is -0.493 e. The van der Waals surface area contributed by atoms with Gasteiger partial charge < -0.3 is 14.8 Å². The van der Waals surface area contributed by atoms with E-state index >= 15 is 0 Å². The zero-order valence-electron chi connectivity index (χ0n) is 15.0. The number of methoxy groups -OCH3 is 1. The van der Waals surface area contributed by atoms with Gasteiger partial charge in [-0.05, 0) is 41.8 Å². The molecule has 0 bridgehead atoms. The lowest BCUT2D eigenvalue weighted by atomic mass is 10.1. The maximum Gasteiger partial charge on any atom is 0.180 e. The van der Waals surface area contributed by atoms with Gasteiger partial charge in [-0.3, -0.25) is 0 Å². The summed E-state index contributed by atoms with van der Waals surface area (Å²) in [5, 5.41) is 3.97. The number of para-hydroxylation sites is 1. The van der Waals surface area contributed by atoms with Crippen LogP contribution in [0.4, 0.5) is 5.69 Å². The molecule has 26 heavy (non-hydrogen) atoms. The molecule has 0 aliphatic carbocycles. The summed E-state index contributed by atoms with van der Waals surface area (Å²) in [6, 6.07) is 22.0. The molecule has 0 radical (unpaired) electrons. The number of rotatable bonds is 7. The smallest absolute Gasteiger partial charge is 0.180 e. The predicted molar refractivity (Wildman–Crippen MR) is 107 cm³/mol. The first kappa shape index (κ1) is 18.2. The van der Waals surface area contributed by atoms with E-state index in [0.29, 0.717) is 29.7 Å². The highest BCUT2D eigenvalue weighted by atomic mass is 35.5. The summed E-state index contributed by atoms with van der Waals surface area (Å²) >= 11 is 6.46. The van der Waals surface area contributed by atoms with Gasteiger partial charge in [0.1, 0.15) is 6.61 Å². The molecule has 0 aliphatic heterocycles. The molecule has 0 unspecified atom stereocenters. The van der Waals surface area contributed by atoms with E-state index in [2.05, 4.69) is 24.4 Å². The standard InChI is InChI=1S/C22H22ClNO2/c1-16-8-6-7-11-20(16)24-14-18-12-19(23)22(21(13-18)25-2)26-15-17-9-4-3-5-10-17/h3-13,24H,14-15H2,1-2H3. The summed E-state index contributed by atoms with van der Waals surface area (Å²) in [6.45, 7) is 3.17. The van der Waals surface area contributed by atoms with Crippen molar-refractivity contribution in [2.24, 2.45) is 0 Å². The highest BCUT2D eigenvalue weighted by Crippen LogP contribution is 2.37. The summed E-state index contributed by atoms with van der Waals surface area (Å²) in [5.41, 5.74) is 4.42. The number of aryl methyl sites for hydroxylation is 1. The van der Waals surface area contributed by atoms with Crippen molar-refractivity contribution in [3.05, 3.63) is 88.4 Å². The predicted octanol–water partition coefficient (Wildman–Crippen LogP) is 5.85. The number of hydrogen-bond acceptors (Lipinski definition) is 3. The van der Waals surface area contributed by atoms with E-state index in [1.165, 1.54) is 5.56 Å². The van der Waals surface area contributed by atoms with Gasteiger partial charge in [-0.1, -0.05) is 60.1 Å². The molecule has 3 nitrogen and oxygen atoms in total. The number of benzene rings is 3. The molecular formula is C22H22ClNO2. The number of hydrogen-bond donors (Lipinski definition) is 1. The second-order valence-electron chi connectivity index (χ2n) is 6.05. The largest absolute Gasteiger partial charge is 0.493 e. The van der Waals surface area contributed by atoms with Crippen molar-refractivity contribution in [1.29, 1.82) is 0 Å². The molecule has 0 saturated heterocycles. The molecule has 0 aliphatic rings. The Morgan fingerprint density at radius 2 is 1.65 bits per heavy atom. The summed E-state index contributed by atoms with van der Waals surface area (Å²) in [5.74, 6) is 1.20. The van der Waals surface area contributed by atoms with Crippen LogP contribution in [0.2, 0.25) is 5.02 Å². The molecule has 0 atom stereocenters. The quantitative estimate of drug-likeness (QED) is 0.568. The molecule has 0 amide bonds. The molecule has 0 aromatic heterocycles. The van der Waals surface area contributed by atoms with Crippen molar-refractivity contribution in [2.45, 2.75) is 20.1 Å². The topological polar surface area (TPSA) is 30.5 Å². The highest BCUT2D eigenvalue weighted by molar-refractivity contribution is 6.32. The average Bonchev–Trinajstić information content (AvgIpc) is 2.67. The van der Waals surface area contributed by atoms with Crippen molar-refractivity contribution in [3.8, 4) is 11.5 Å². The minimum absolute atomic E-state index is 0.442. The molecule has 0 fully saturated rings. The van der Waals surface area contributed by atoms with Crippen LogP contribution in [-0.2, 0) is 13.2 Å². The van der Waals surface area contributed by atoms with Crippen molar-refractivity contribution in [3.63, 3.8) is 0 Å². The molecule has 0 saturated carbocycles. The third-order valence-electron chi connectivity index (χ3n) is 4.14. The number of ether oxygens (including phenoxy) is 2. The zero-order chi connectivity index (χ0) is 18.4. The Labute approximate surface area is 159 Å². The first-order chi connectivity index (χ1) is 12.7. The van der Waals surface area contributed by atoms with Crippen molar-refractivity contribution < 1.29 is 9.47 Å². The van der Waals surface area contributed by atoms with Gasteiger partial charge in [0.2, 0.25) is 0 Å². The van der Waals surface area contributed by atoms with Crippen LogP contribution in [0, 0.1) is 6.92 Å². The molecular weight excluding hydrogens is 346 g/mol. The van der Waals surface area contributed by atoms with E-state index in [9.17, 15) is 0 Å². The van der Waals surface area contributed by atoms with E-state index in [4.69, 9.17) is 21.1 Å². The van der Waals surface area contributed by atoms with Crippen molar-refractivity contribution in [1.82, 2.24) is 0 Å². The van der Waals surface area contributed by atoms with E-state index in [0.717, 1.165) is 16.8 Å². The fourth-order valence-electron chi connectivity index (χ4n) is 2.71. The maximum atomic E-state index is 6.46. The third kappa shape index (κ3) is 4.50. The normalized spacial score (nSPS) is 10.4. The van der Waals surface area contributed by atoms with Gasteiger partial charge in [0.15, 0.2) is 11.5 Å². The molecule has 3 rings (SSSR count). The number of nitrogens with one attached hydrogen (secondary N) is 1. The summed E-state index contributed by atoms with van der Waals surface area (Å²) < 4.78 is 11.4. The third-order valence-corrected chi connectivity index (χ3v) is 4.42. The Bertz CT molecular complexity index is 865. The molecule has 3 aromatic rings. The van der Waals surface area contributed by atoms with Crippen molar-refractivity contribution in [2.75, 3.05) is 12.4 Å². The van der Waals surface area contributed by atoms with Gasteiger partial charge in [-0.15, -0.1) is 0 Å². The lowest BCUT2D eigenvalue weighted by Gasteiger charge is -2.15. The van der Waals surface area contributed by atoms with Gasteiger partial charge in [0.05, 0.1) is 12.1 Å². The summed E-state index contributed by atoms with van der Waals surface area (Å²) in [7, 11) is 1.62. The van der Waals surface area contributed by atoms with Crippen LogP contribution in [0.1, 0.15) is 16.7 Å². The van der Waals surface area contributed by atoms with E-state index in [1.54, 1.807) is 7.11 Å². The average molecular weight is 368 g/mol. The summed E-state index contributed by atoms with van der Waals surface area (Å²) in [6.07, 6.45) is 0. The van der Waals surface area contributed by atoms with Gasteiger partial charge in [0.25, 0.3) is 0 Å². The lowest BCUT2D eigenvalue weighted by Crippen LogP contribution is -2.03. The molecule has 1 N–H and O–H groups in total. The highest BCUT2D eigenvalue weighted by Gasteiger charge is 2.12. The Kier molecular flexibility index (Phi) is 6.03. The van der Waals surface area contributed by atoms with Crippen LogP contribution >= 0.6 is 11.6 Å². The lowest BCUT2D eigenvalue weighted by molar-refractivity contribution is 0.284. The first-order valence-electron chi connectivity index (χ1n) is 8.50. The maximum absolute atomic E-state index is 6.46. The van der Waals surface area contributed by atoms with Crippen LogP contribution in [0.15, 0.2) is 66.7 Å². The van der Waals surface area contributed by atoms with Crippen LogP contribution in [0.5, 0.6) is 11.5 Å². The Morgan fingerprint density at radius 1 is 0.923 bits per heavy atom. The van der Waals surface area contributed by atoms with E-state index in [1.807, 2.05) is 54.6 Å². The Balaban J connectivity index is 1.73. The second-order valence-corrected chi connectivity index (χ2v) is 6.46. The van der Waals surface area contributed by atoms with Crippen LogP contribution in [0.3, 0.4) is 0 Å². The molecule has 134 valence electrons. The van der Waals surface area contributed by atoms with E-state index < -0.39 is 0 Å². The minimum atomic E-state index is 0.442. The van der Waals surface area contributed by atoms with Crippen LogP contribution in [0.25, 0.3) is 0 Å². The van der Waals surface area contributed by atoms with Gasteiger partial charge >= 0.3 is 0 Å². The molecule has 3 aromatic carbocycles. The van der Waals surface area contributed by atoms with Crippen molar-refractivity contribution >= 4 is 17.3 Å². The first-order valence-corrected chi connectivity index (χ1v) is 8.88. The van der Waals surface area contributed by atoms with Gasteiger partial charge in [-0.25, -0.2) is 0 Å². The molecule has 0 spiro atoms. The molecule has 4 heteroatoms. The number of anilines is 1. The molecule has 0 heterocycles. The van der Waals surface area contributed by atoms with Crippen LogP contribution in [-0.4, -0.2) is 7.11 Å². The fraction of sp³-hybridized carbons (Fsp3) is 0.182. The van der Waals surface area contributed by atoms with Gasteiger partial charge in [0, 0.05) is 12.2 Å². The second kappa shape index (κ2) is 8.63.